The van der Waals surface area contributed by atoms with Gasteiger partial charge in [-0.25, -0.2) is 0 Å². The van der Waals surface area contributed by atoms with Gasteiger partial charge in [0.25, 0.3) is 0 Å². The van der Waals surface area contributed by atoms with E-state index in [1.54, 1.807) is 0 Å². The van der Waals surface area contributed by atoms with Gasteiger partial charge in [0.1, 0.15) is 5.76 Å². The number of hydrogen-bond donors (Lipinski definition) is 0. The van der Waals surface area contributed by atoms with Gasteiger partial charge in [-0.3, -0.25) is 0 Å². The van der Waals surface area contributed by atoms with E-state index in [0.29, 0.717) is 0 Å². The smallest absolute Gasteiger partial charge is 0.137 e. The first-order valence-electron chi connectivity index (χ1n) is 4.02. The van der Waals surface area contributed by atoms with Gasteiger partial charge in [-0.2, -0.15) is 0 Å². The molecule has 3 heteroatoms. The summed E-state index contributed by atoms with van der Waals surface area (Å²) in [6.45, 7) is 6.33. The van der Waals surface area contributed by atoms with E-state index in [9.17, 15) is 0 Å². The lowest BCUT2D eigenvalue weighted by molar-refractivity contribution is 0.324. The Morgan fingerprint density at radius 1 is 1.58 bits per heavy atom. The fourth-order valence-electron chi connectivity index (χ4n) is 1.02. The zero-order valence-electron chi connectivity index (χ0n) is 7.72. The number of halogens is 1. The van der Waals surface area contributed by atoms with Gasteiger partial charge >= 0.3 is 0 Å². The molecule has 0 aromatic carbocycles. The van der Waals surface area contributed by atoms with Crippen molar-refractivity contribution in [3.8, 4) is 0 Å². The van der Waals surface area contributed by atoms with Gasteiger partial charge in [0.2, 0.25) is 0 Å². The van der Waals surface area contributed by atoms with Crippen LogP contribution in [0, 0.1) is 12.3 Å². The average Bonchev–Trinajstić information content (AvgIpc) is 2.35. The van der Waals surface area contributed by atoms with E-state index in [1.165, 1.54) is 0 Å². The van der Waals surface area contributed by atoms with E-state index in [0.717, 1.165) is 23.2 Å². The predicted octanol–water partition coefficient (Wildman–Crippen LogP) is 2.95. The van der Waals surface area contributed by atoms with Gasteiger partial charge in [0.05, 0.1) is 5.69 Å². The zero-order valence-corrected chi connectivity index (χ0v) is 9.31. The van der Waals surface area contributed by atoms with Crippen LogP contribution >= 0.6 is 15.9 Å². The lowest BCUT2D eigenvalue weighted by atomic mass is 9.91. The summed E-state index contributed by atoms with van der Waals surface area (Å²) in [6, 6.07) is 1.99. The average molecular weight is 232 g/mol. The number of aryl methyl sites for hydroxylation is 1. The first kappa shape index (κ1) is 9.78. The van der Waals surface area contributed by atoms with Crippen molar-refractivity contribution in [1.29, 1.82) is 0 Å². The van der Waals surface area contributed by atoms with Crippen molar-refractivity contribution in [3.05, 3.63) is 17.5 Å². The molecule has 0 aliphatic carbocycles. The fourth-order valence-corrected chi connectivity index (χ4v) is 1.22. The topological polar surface area (TPSA) is 26.0 Å². The summed E-state index contributed by atoms with van der Waals surface area (Å²) in [5, 5.41) is 4.82. The van der Waals surface area contributed by atoms with Crippen LogP contribution < -0.4 is 0 Å². The molecule has 12 heavy (non-hydrogen) atoms. The maximum absolute atomic E-state index is 5.13. The Morgan fingerprint density at radius 3 is 2.67 bits per heavy atom. The van der Waals surface area contributed by atoms with Gasteiger partial charge in [0.15, 0.2) is 0 Å². The van der Waals surface area contributed by atoms with E-state index in [2.05, 4.69) is 34.9 Å². The van der Waals surface area contributed by atoms with Gasteiger partial charge < -0.3 is 4.52 Å². The van der Waals surface area contributed by atoms with Crippen molar-refractivity contribution in [1.82, 2.24) is 5.16 Å². The molecule has 1 heterocycles. The molecule has 0 saturated heterocycles. The fraction of sp³-hybridized carbons (Fsp3) is 0.667. The molecule has 1 aromatic rings. The number of rotatable bonds is 3. The maximum Gasteiger partial charge on any atom is 0.137 e. The molecule has 1 rings (SSSR count). The van der Waals surface area contributed by atoms with Crippen molar-refractivity contribution in [2.24, 2.45) is 5.41 Å². The monoisotopic (exact) mass is 231 g/mol. The second kappa shape index (κ2) is 3.60. The Hall–Kier alpha value is -0.310. The summed E-state index contributed by atoms with van der Waals surface area (Å²) in [4.78, 5) is 0. The molecule has 0 fully saturated rings. The summed E-state index contributed by atoms with van der Waals surface area (Å²) < 4.78 is 5.13. The molecule has 0 unspecified atom stereocenters. The third-order valence-corrected chi connectivity index (χ3v) is 3.21. The third-order valence-electron chi connectivity index (χ3n) is 1.69. The van der Waals surface area contributed by atoms with Crippen molar-refractivity contribution >= 4 is 15.9 Å². The molecule has 68 valence electrons. The molecule has 0 saturated carbocycles. The third kappa shape index (κ3) is 2.63. The van der Waals surface area contributed by atoms with Gasteiger partial charge in [-0.15, -0.1) is 0 Å². The number of nitrogens with zero attached hydrogens (tertiary/aromatic N) is 1. The van der Waals surface area contributed by atoms with Crippen LogP contribution in [0.15, 0.2) is 10.6 Å². The highest BCUT2D eigenvalue weighted by Crippen LogP contribution is 2.24. The molecule has 0 amide bonds. The minimum Gasteiger partial charge on any atom is -0.361 e. The Morgan fingerprint density at radius 2 is 2.25 bits per heavy atom. The molecule has 0 aliphatic heterocycles. The van der Waals surface area contributed by atoms with Crippen LogP contribution in [0.1, 0.15) is 25.3 Å². The van der Waals surface area contributed by atoms with Crippen molar-refractivity contribution < 1.29 is 4.52 Å². The van der Waals surface area contributed by atoms with Crippen molar-refractivity contribution in [3.63, 3.8) is 0 Å². The molecule has 0 N–H and O–H groups in total. The highest BCUT2D eigenvalue weighted by molar-refractivity contribution is 9.09. The quantitative estimate of drug-likeness (QED) is 0.749. The van der Waals surface area contributed by atoms with E-state index in [4.69, 9.17) is 4.52 Å². The summed E-state index contributed by atoms with van der Waals surface area (Å²) in [5.74, 6) is 0.969. The van der Waals surface area contributed by atoms with Gasteiger partial charge in [-0.05, 0) is 12.3 Å². The molecule has 1 aromatic heterocycles. The number of hydrogen-bond acceptors (Lipinski definition) is 2. The van der Waals surface area contributed by atoms with E-state index >= 15 is 0 Å². The van der Waals surface area contributed by atoms with Crippen LogP contribution in [0.25, 0.3) is 0 Å². The van der Waals surface area contributed by atoms with Crippen LogP contribution in [0.5, 0.6) is 0 Å². The predicted molar refractivity (Wildman–Crippen MR) is 52.5 cm³/mol. The molecule has 0 spiro atoms. The second-order valence-corrected chi connectivity index (χ2v) is 4.47. The lowest BCUT2D eigenvalue weighted by Gasteiger charge is -2.18. The van der Waals surface area contributed by atoms with Crippen molar-refractivity contribution in [2.75, 3.05) is 5.33 Å². The standard InChI is InChI=1S/C9H14BrNO/c1-7-4-8(12-11-7)5-9(2,3)6-10/h4H,5-6H2,1-3H3. The van der Waals surface area contributed by atoms with Gasteiger partial charge in [-0.1, -0.05) is 34.9 Å². The summed E-state index contributed by atoms with van der Waals surface area (Å²) in [7, 11) is 0. The first-order chi connectivity index (χ1) is 5.53. The SMILES string of the molecule is Cc1cc(CC(C)(C)CBr)on1. The Balaban J connectivity index is 2.63. The van der Waals surface area contributed by atoms with Crippen LogP contribution in [-0.2, 0) is 6.42 Å². The molecular formula is C9H14BrNO. The Labute approximate surface area is 81.5 Å². The van der Waals surface area contributed by atoms with Crippen molar-refractivity contribution in [2.45, 2.75) is 27.2 Å². The van der Waals surface area contributed by atoms with Crippen LogP contribution in [0.2, 0.25) is 0 Å². The molecular weight excluding hydrogens is 218 g/mol. The molecule has 0 radical (unpaired) electrons. The van der Waals surface area contributed by atoms with Crippen LogP contribution in [0.3, 0.4) is 0 Å². The lowest BCUT2D eigenvalue weighted by Crippen LogP contribution is -2.15. The molecule has 2 nitrogen and oxygen atoms in total. The first-order valence-corrected chi connectivity index (χ1v) is 5.14. The van der Waals surface area contributed by atoms with E-state index in [-0.39, 0.29) is 5.41 Å². The highest BCUT2D eigenvalue weighted by Gasteiger charge is 2.19. The second-order valence-electron chi connectivity index (χ2n) is 3.91. The normalized spacial score (nSPS) is 12.0. The maximum atomic E-state index is 5.13. The minimum atomic E-state index is 0.242. The molecule has 0 aliphatic rings. The Kier molecular flexibility index (Phi) is 2.94. The summed E-state index contributed by atoms with van der Waals surface area (Å²) >= 11 is 3.47. The molecule has 0 bridgehead atoms. The van der Waals surface area contributed by atoms with E-state index in [1.807, 2.05) is 13.0 Å². The highest BCUT2D eigenvalue weighted by atomic mass is 79.9. The Bertz CT molecular complexity index is 255. The van der Waals surface area contributed by atoms with Crippen LogP contribution in [0.4, 0.5) is 0 Å². The van der Waals surface area contributed by atoms with Crippen LogP contribution in [-0.4, -0.2) is 10.5 Å². The number of alkyl halides is 1. The minimum absolute atomic E-state index is 0.242. The molecule has 0 atom stereocenters. The van der Waals surface area contributed by atoms with Gasteiger partial charge in [0, 0.05) is 17.8 Å². The summed E-state index contributed by atoms with van der Waals surface area (Å²) in [5.41, 5.74) is 1.20. The van der Waals surface area contributed by atoms with E-state index < -0.39 is 0 Å². The zero-order chi connectivity index (χ0) is 9.19. The number of aromatic nitrogens is 1. The summed E-state index contributed by atoms with van der Waals surface area (Å²) in [6.07, 6.45) is 0.930. The largest absolute Gasteiger partial charge is 0.361 e.